The van der Waals surface area contributed by atoms with Gasteiger partial charge in [0.1, 0.15) is 0 Å². The zero-order valence-corrected chi connectivity index (χ0v) is 11.4. The van der Waals surface area contributed by atoms with Gasteiger partial charge in [-0.1, -0.05) is 26.2 Å². The third kappa shape index (κ3) is 3.95. The van der Waals surface area contributed by atoms with E-state index in [0.717, 1.165) is 25.8 Å². The second-order valence-electron chi connectivity index (χ2n) is 5.97. The van der Waals surface area contributed by atoms with Gasteiger partial charge in [-0.2, -0.15) is 0 Å². The van der Waals surface area contributed by atoms with Crippen LogP contribution >= 0.6 is 0 Å². The quantitative estimate of drug-likeness (QED) is 0.794. The number of rotatable bonds is 3. The molecule has 2 fully saturated rings. The highest BCUT2D eigenvalue weighted by Gasteiger charge is 2.26. The van der Waals surface area contributed by atoms with Gasteiger partial charge in [0.05, 0.1) is 12.6 Å². The summed E-state index contributed by atoms with van der Waals surface area (Å²) < 4.78 is 0. The van der Waals surface area contributed by atoms with Crippen molar-refractivity contribution in [3.63, 3.8) is 0 Å². The predicted molar refractivity (Wildman–Crippen MR) is 71.2 cm³/mol. The summed E-state index contributed by atoms with van der Waals surface area (Å²) in [6.07, 6.45) is 6.76. The van der Waals surface area contributed by atoms with E-state index in [1.807, 2.05) is 0 Å². The summed E-state index contributed by atoms with van der Waals surface area (Å²) in [7, 11) is 0. The van der Waals surface area contributed by atoms with E-state index in [0.29, 0.717) is 25.0 Å². The highest BCUT2D eigenvalue weighted by atomic mass is 16.3. The number of likely N-dealkylation sites (tertiary alicyclic amines) is 1. The zero-order chi connectivity index (χ0) is 13.0. The Morgan fingerprint density at radius 3 is 2.67 bits per heavy atom. The number of amides is 1. The van der Waals surface area contributed by atoms with Crippen LogP contribution in [0, 0.1) is 5.92 Å². The van der Waals surface area contributed by atoms with Gasteiger partial charge in [-0.25, -0.2) is 0 Å². The number of carbonyl (C=O) groups is 1. The largest absolute Gasteiger partial charge is 0.392 e. The van der Waals surface area contributed by atoms with Gasteiger partial charge in [0.15, 0.2) is 0 Å². The van der Waals surface area contributed by atoms with E-state index in [4.69, 9.17) is 0 Å². The van der Waals surface area contributed by atoms with Crippen LogP contribution in [-0.4, -0.2) is 47.7 Å². The SMILES string of the molecule is CC1CCN(CC(=O)NC2CCCCC2)CC1O. The molecule has 1 aliphatic heterocycles. The number of hydrogen-bond acceptors (Lipinski definition) is 3. The summed E-state index contributed by atoms with van der Waals surface area (Å²) in [5.41, 5.74) is 0. The fourth-order valence-corrected chi connectivity index (χ4v) is 2.98. The fraction of sp³-hybridized carbons (Fsp3) is 0.929. The smallest absolute Gasteiger partial charge is 0.234 e. The van der Waals surface area contributed by atoms with Crippen molar-refractivity contribution in [2.24, 2.45) is 5.92 Å². The van der Waals surface area contributed by atoms with Crippen molar-refractivity contribution in [1.29, 1.82) is 0 Å². The number of nitrogens with one attached hydrogen (secondary N) is 1. The maximum atomic E-state index is 11.9. The van der Waals surface area contributed by atoms with Crippen LogP contribution in [0.5, 0.6) is 0 Å². The molecular formula is C14H26N2O2. The zero-order valence-electron chi connectivity index (χ0n) is 11.4. The maximum absolute atomic E-state index is 11.9. The number of aliphatic hydroxyl groups excluding tert-OH is 1. The molecule has 0 aromatic heterocycles. The summed E-state index contributed by atoms with van der Waals surface area (Å²) in [6, 6.07) is 0.389. The number of piperidine rings is 1. The monoisotopic (exact) mass is 254 g/mol. The van der Waals surface area contributed by atoms with Crippen LogP contribution in [0.1, 0.15) is 45.4 Å². The summed E-state index contributed by atoms with van der Waals surface area (Å²) >= 11 is 0. The van der Waals surface area contributed by atoms with Crippen LogP contribution in [0.3, 0.4) is 0 Å². The van der Waals surface area contributed by atoms with Gasteiger partial charge in [0.25, 0.3) is 0 Å². The molecule has 18 heavy (non-hydrogen) atoms. The van der Waals surface area contributed by atoms with Gasteiger partial charge in [0.2, 0.25) is 5.91 Å². The van der Waals surface area contributed by atoms with Crippen molar-refractivity contribution in [2.45, 2.75) is 57.6 Å². The van der Waals surface area contributed by atoms with Gasteiger partial charge in [-0.3, -0.25) is 9.69 Å². The molecule has 1 amide bonds. The standard InChI is InChI=1S/C14H26N2O2/c1-11-7-8-16(9-13(11)17)10-14(18)15-12-5-3-2-4-6-12/h11-13,17H,2-10H2,1H3,(H,15,18). The van der Waals surface area contributed by atoms with E-state index in [1.54, 1.807) is 0 Å². The van der Waals surface area contributed by atoms with E-state index in [1.165, 1.54) is 19.3 Å². The van der Waals surface area contributed by atoms with E-state index in [9.17, 15) is 9.90 Å². The van der Waals surface area contributed by atoms with E-state index in [2.05, 4.69) is 17.1 Å². The molecule has 104 valence electrons. The Morgan fingerprint density at radius 1 is 1.28 bits per heavy atom. The minimum Gasteiger partial charge on any atom is -0.392 e. The lowest BCUT2D eigenvalue weighted by Crippen LogP contribution is -2.48. The molecular weight excluding hydrogens is 228 g/mol. The number of nitrogens with zero attached hydrogens (tertiary/aromatic N) is 1. The molecule has 0 radical (unpaired) electrons. The molecule has 0 aromatic carbocycles. The molecule has 0 aromatic rings. The normalized spacial score (nSPS) is 31.2. The van der Waals surface area contributed by atoms with Crippen LogP contribution in [0.2, 0.25) is 0 Å². The van der Waals surface area contributed by atoms with Crippen molar-refractivity contribution in [3.05, 3.63) is 0 Å². The molecule has 1 saturated heterocycles. The third-order valence-electron chi connectivity index (χ3n) is 4.34. The number of hydrogen-bond donors (Lipinski definition) is 2. The van der Waals surface area contributed by atoms with E-state index in [-0.39, 0.29) is 12.0 Å². The molecule has 4 nitrogen and oxygen atoms in total. The first-order valence-electron chi connectivity index (χ1n) is 7.35. The van der Waals surface area contributed by atoms with Crippen molar-refractivity contribution in [3.8, 4) is 0 Å². The van der Waals surface area contributed by atoms with Crippen molar-refractivity contribution in [2.75, 3.05) is 19.6 Å². The van der Waals surface area contributed by atoms with Crippen molar-refractivity contribution >= 4 is 5.91 Å². The molecule has 1 saturated carbocycles. The summed E-state index contributed by atoms with van der Waals surface area (Å²) in [6.45, 7) is 4.08. The first-order chi connectivity index (χ1) is 8.65. The Hall–Kier alpha value is -0.610. The molecule has 2 atom stereocenters. The highest BCUT2D eigenvalue weighted by molar-refractivity contribution is 5.78. The van der Waals surface area contributed by atoms with Gasteiger partial charge in [-0.05, 0) is 31.7 Å². The summed E-state index contributed by atoms with van der Waals surface area (Å²) in [5, 5.41) is 12.9. The third-order valence-corrected chi connectivity index (χ3v) is 4.34. The second-order valence-corrected chi connectivity index (χ2v) is 5.97. The molecule has 4 heteroatoms. The maximum Gasteiger partial charge on any atom is 0.234 e. The Morgan fingerprint density at radius 2 is 2.00 bits per heavy atom. The Bertz CT molecular complexity index is 277. The number of carbonyl (C=O) groups excluding carboxylic acids is 1. The minimum absolute atomic E-state index is 0.128. The van der Waals surface area contributed by atoms with Crippen LogP contribution in [-0.2, 0) is 4.79 Å². The first kappa shape index (κ1) is 13.8. The molecule has 2 rings (SSSR count). The lowest BCUT2D eigenvalue weighted by molar-refractivity contribution is -0.124. The summed E-state index contributed by atoms with van der Waals surface area (Å²) in [4.78, 5) is 14.0. The number of aliphatic hydroxyl groups is 1. The summed E-state index contributed by atoms with van der Waals surface area (Å²) in [5.74, 6) is 0.492. The molecule has 0 spiro atoms. The average molecular weight is 254 g/mol. The molecule has 2 unspecified atom stereocenters. The van der Waals surface area contributed by atoms with Gasteiger partial charge >= 0.3 is 0 Å². The minimum atomic E-state index is -0.277. The van der Waals surface area contributed by atoms with Crippen LogP contribution in [0.15, 0.2) is 0 Å². The van der Waals surface area contributed by atoms with Crippen LogP contribution in [0.4, 0.5) is 0 Å². The van der Waals surface area contributed by atoms with Crippen molar-refractivity contribution in [1.82, 2.24) is 10.2 Å². The lowest BCUT2D eigenvalue weighted by atomic mass is 9.95. The van der Waals surface area contributed by atoms with Crippen LogP contribution < -0.4 is 5.32 Å². The Balaban J connectivity index is 1.70. The molecule has 1 aliphatic carbocycles. The van der Waals surface area contributed by atoms with Crippen molar-refractivity contribution < 1.29 is 9.90 Å². The molecule has 2 N–H and O–H groups in total. The highest BCUT2D eigenvalue weighted by Crippen LogP contribution is 2.18. The van der Waals surface area contributed by atoms with Gasteiger partial charge < -0.3 is 10.4 Å². The van der Waals surface area contributed by atoms with Gasteiger partial charge in [-0.15, -0.1) is 0 Å². The first-order valence-corrected chi connectivity index (χ1v) is 7.35. The molecule has 1 heterocycles. The Kier molecular flexibility index (Phi) is 5.01. The van der Waals surface area contributed by atoms with E-state index >= 15 is 0 Å². The lowest BCUT2D eigenvalue weighted by Gasteiger charge is -2.34. The van der Waals surface area contributed by atoms with Gasteiger partial charge in [0, 0.05) is 12.6 Å². The van der Waals surface area contributed by atoms with E-state index < -0.39 is 0 Å². The molecule has 0 bridgehead atoms. The van der Waals surface area contributed by atoms with Crippen LogP contribution in [0.25, 0.3) is 0 Å². The predicted octanol–water partition coefficient (Wildman–Crippen LogP) is 1.14. The Labute approximate surface area is 110 Å². The molecule has 2 aliphatic rings. The topological polar surface area (TPSA) is 52.6 Å². The second kappa shape index (κ2) is 6.53. The number of β-amino-alcohol motifs (C(OH)–C–C–N with tert-alkyl or cyclic N) is 1. The average Bonchev–Trinajstić information content (AvgIpc) is 2.35. The fourth-order valence-electron chi connectivity index (χ4n) is 2.98.